The van der Waals surface area contributed by atoms with Crippen molar-refractivity contribution in [2.24, 2.45) is 11.8 Å². The summed E-state index contributed by atoms with van der Waals surface area (Å²) in [6.07, 6.45) is -0.434. The number of hydrogen-bond acceptors (Lipinski definition) is 4. The van der Waals surface area contributed by atoms with Crippen molar-refractivity contribution in [3.63, 3.8) is 0 Å². The maximum Gasteiger partial charge on any atom is 0.410 e. The van der Waals surface area contributed by atoms with E-state index in [0.29, 0.717) is 13.1 Å². The summed E-state index contributed by atoms with van der Waals surface area (Å²) in [5.74, 6) is -2.01. The van der Waals surface area contributed by atoms with Gasteiger partial charge in [0.2, 0.25) is 0 Å². The van der Waals surface area contributed by atoms with E-state index in [-0.39, 0.29) is 5.92 Å². The number of nitrogens with zero attached hydrogens (tertiary/aromatic N) is 1. The highest BCUT2D eigenvalue weighted by Crippen LogP contribution is 2.25. The average molecular weight is 245 g/mol. The van der Waals surface area contributed by atoms with E-state index in [9.17, 15) is 9.59 Å². The molecule has 6 nitrogen and oxygen atoms in total. The Kier molecular flexibility index (Phi) is 3.98. The van der Waals surface area contributed by atoms with Gasteiger partial charge in [0.15, 0.2) is 0 Å². The fraction of sp³-hybridized carbons (Fsp3) is 0.818. The molecule has 0 saturated carbocycles. The molecule has 1 aliphatic rings. The molecule has 1 amide bonds. The molecule has 0 spiro atoms. The van der Waals surface area contributed by atoms with Crippen molar-refractivity contribution >= 4 is 12.1 Å². The first-order valence-electron chi connectivity index (χ1n) is 5.56. The Hall–Kier alpha value is -1.30. The summed E-state index contributed by atoms with van der Waals surface area (Å²) in [5, 5.41) is 17.8. The number of aliphatic hydroxyl groups is 1. The van der Waals surface area contributed by atoms with Gasteiger partial charge >= 0.3 is 12.1 Å². The standard InChI is InChI=1S/C11H19NO5/c1-11(2,3)17-10(16)12-4-7(5-12)8(6-13)9(14)15/h7-8,13H,4-6H2,1-3H3,(H,14,15). The van der Waals surface area contributed by atoms with E-state index in [1.807, 2.05) is 0 Å². The monoisotopic (exact) mass is 245 g/mol. The van der Waals surface area contributed by atoms with Crippen LogP contribution in [-0.4, -0.2) is 52.5 Å². The first kappa shape index (κ1) is 13.8. The van der Waals surface area contributed by atoms with E-state index in [1.165, 1.54) is 4.90 Å². The molecule has 6 heteroatoms. The van der Waals surface area contributed by atoms with E-state index in [4.69, 9.17) is 14.9 Å². The summed E-state index contributed by atoms with van der Waals surface area (Å²) in [6.45, 7) is 5.57. The minimum Gasteiger partial charge on any atom is -0.481 e. The highest BCUT2D eigenvalue weighted by molar-refractivity contribution is 5.73. The van der Waals surface area contributed by atoms with Gasteiger partial charge in [-0.25, -0.2) is 4.79 Å². The van der Waals surface area contributed by atoms with Gasteiger partial charge in [-0.2, -0.15) is 0 Å². The minimum absolute atomic E-state index is 0.190. The van der Waals surface area contributed by atoms with Crippen LogP contribution in [0.25, 0.3) is 0 Å². The van der Waals surface area contributed by atoms with Gasteiger partial charge in [0.1, 0.15) is 5.60 Å². The first-order valence-corrected chi connectivity index (χ1v) is 5.56. The summed E-state index contributed by atoms with van der Waals surface area (Å²) >= 11 is 0. The molecule has 0 aromatic heterocycles. The summed E-state index contributed by atoms with van der Waals surface area (Å²) < 4.78 is 5.14. The molecule has 0 aromatic rings. The third-order valence-electron chi connectivity index (χ3n) is 2.64. The number of aliphatic carboxylic acids is 1. The van der Waals surface area contributed by atoms with Crippen LogP contribution in [0.4, 0.5) is 4.79 Å². The maximum absolute atomic E-state index is 11.6. The highest BCUT2D eigenvalue weighted by Gasteiger charge is 2.40. The Morgan fingerprint density at radius 2 is 1.94 bits per heavy atom. The third-order valence-corrected chi connectivity index (χ3v) is 2.64. The van der Waals surface area contributed by atoms with Crippen molar-refractivity contribution in [3.05, 3.63) is 0 Å². The third kappa shape index (κ3) is 3.59. The molecule has 98 valence electrons. The number of carboxylic acids is 1. The lowest BCUT2D eigenvalue weighted by atomic mass is 9.86. The number of rotatable bonds is 3. The van der Waals surface area contributed by atoms with Gasteiger partial charge in [-0.15, -0.1) is 0 Å². The van der Waals surface area contributed by atoms with Crippen molar-refractivity contribution in [2.45, 2.75) is 26.4 Å². The predicted octanol–water partition coefficient (Wildman–Crippen LogP) is 0.546. The quantitative estimate of drug-likeness (QED) is 0.758. The molecule has 1 heterocycles. The van der Waals surface area contributed by atoms with Crippen LogP contribution in [-0.2, 0) is 9.53 Å². The Morgan fingerprint density at radius 1 is 1.41 bits per heavy atom. The second-order valence-corrected chi connectivity index (χ2v) is 5.27. The number of likely N-dealkylation sites (tertiary alicyclic amines) is 1. The van der Waals surface area contributed by atoms with Gasteiger partial charge in [-0.3, -0.25) is 4.79 Å². The topological polar surface area (TPSA) is 87.1 Å². The molecule has 1 aliphatic heterocycles. The molecule has 0 aliphatic carbocycles. The van der Waals surface area contributed by atoms with Crippen LogP contribution in [0.1, 0.15) is 20.8 Å². The smallest absolute Gasteiger partial charge is 0.410 e. The molecule has 17 heavy (non-hydrogen) atoms. The lowest BCUT2D eigenvalue weighted by molar-refractivity contribution is -0.148. The molecule has 1 fully saturated rings. The molecule has 1 atom stereocenters. The first-order chi connectivity index (χ1) is 7.74. The van der Waals surface area contributed by atoms with Gasteiger partial charge < -0.3 is 19.8 Å². The summed E-state index contributed by atoms with van der Waals surface area (Å²) in [4.78, 5) is 23.8. The molecule has 2 N–H and O–H groups in total. The van der Waals surface area contributed by atoms with Gasteiger partial charge in [0.25, 0.3) is 0 Å². The van der Waals surface area contributed by atoms with E-state index >= 15 is 0 Å². The Morgan fingerprint density at radius 3 is 2.29 bits per heavy atom. The number of amides is 1. The number of aliphatic hydroxyl groups excluding tert-OH is 1. The van der Waals surface area contributed by atoms with Gasteiger partial charge in [-0.1, -0.05) is 0 Å². The van der Waals surface area contributed by atoms with Gasteiger partial charge in [-0.05, 0) is 20.8 Å². The molecule has 1 rings (SSSR count). The zero-order valence-electron chi connectivity index (χ0n) is 10.3. The number of ether oxygens (including phenoxy) is 1. The highest BCUT2D eigenvalue weighted by atomic mass is 16.6. The second-order valence-electron chi connectivity index (χ2n) is 5.27. The van der Waals surface area contributed by atoms with Crippen LogP contribution in [0, 0.1) is 11.8 Å². The molecule has 0 bridgehead atoms. The number of carbonyl (C=O) groups is 2. The average Bonchev–Trinajstić information content (AvgIpc) is 2.05. The number of carboxylic acid groups (broad SMARTS) is 1. The van der Waals surface area contributed by atoms with E-state index in [0.717, 1.165) is 0 Å². The van der Waals surface area contributed by atoms with Crippen LogP contribution < -0.4 is 0 Å². The molecular weight excluding hydrogens is 226 g/mol. The van der Waals surface area contributed by atoms with E-state index in [2.05, 4.69) is 0 Å². The van der Waals surface area contributed by atoms with Crippen LogP contribution >= 0.6 is 0 Å². The lowest BCUT2D eigenvalue weighted by Crippen LogP contribution is -2.55. The molecule has 1 saturated heterocycles. The second kappa shape index (κ2) is 4.91. The number of hydrogen-bond donors (Lipinski definition) is 2. The summed E-state index contributed by atoms with van der Waals surface area (Å²) in [6, 6.07) is 0. The Labute approximate surface area is 100 Å². The Balaban J connectivity index is 2.41. The normalized spacial score (nSPS) is 18.5. The van der Waals surface area contributed by atoms with Crippen molar-refractivity contribution < 1.29 is 24.5 Å². The van der Waals surface area contributed by atoms with Crippen molar-refractivity contribution in [2.75, 3.05) is 19.7 Å². The minimum atomic E-state index is -1.03. The van der Waals surface area contributed by atoms with Crippen molar-refractivity contribution in [3.8, 4) is 0 Å². The SMILES string of the molecule is CC(C)(C)OC(=O)N1CC(C(CO)C(=O)O)C1. The Bertz CT molecular complexity index is 303. The van der Waals surface area contributed by atoms with Crippen LogP contribution in [0.2, 0.25) is 0 Å². The van der Waals surface area contributed by atoms with Crippen LogP contribution in [0.15, 0.2) is 0 Å². The summed E-state index contributed by atoms with van der Waals surface area (Å²) in [7, 11) is 0. The zero-order chi connectivity index (χ0) is 13.2. The van der Waals surface area contributed by atoms with Gasteiger partial charge in [0.05, 0.1) is 12.5 Å². The maximum atomic E-state index is 11.6. The molecular formula is C11H19NO5. The largest absolute Gasteiger partial charge is 0.481 e. The van der Waals surface area contributed by atoms with Crippen molar-refractivity contribution in [1.82, 2.24) is 4.90 Å². The summed E-state index contributed by atoms with van der Waals surface area (Å²) in [5.41, 5.74) is -0.550. The lowest BCUT2D eigenvalue weighted by Gasteiger charge is -2.41. The zero-order valence-corrected chi connectivity index (χ0v) is 10.3. The molecule has 0 aromatic carbocycles. The molecule has 1 unspecified atom stereocenters. The van der Waals surface area contributed by atoms with Crippen LogP contribution in [0.3, 0.4) is 0 Å². The van der Waals surface area contributed by atoms with E-state index in [1.54, 1.807) is 20.8 Å². The van der Waals surface area contributed by atoms with Gasteiger partial charge in [0, 0.05) is 19.0 Å². The number of carbonyl (C=O) groups excluding carboxylic acids is 1. The fourth-order valence-electron chi connectivity index (χ4n) is 1.67. The fourth-order valence-corrected chi connectivity index (χ4v) is 1.67. The molecule has 0 radical (unpaired) electrons. The van der Waals surface area contributed by atoms with Crippen molar-refractivity contribution in [1.29, 1.82) is 0 Å². The van der Waals surface area contributed by atoms with E-state index < -0.39 is 30.2 Å². The predicted molar refractivity (Wildman–Crippen MR) is 59.5 cm³/mol. The van der Waals surface area contributed by atoms with Crippen LogP contribution in [0.5, 0.6) is 0 Å².